The SMILES string of the molecule is COCCOCCOCCOCCOC(=O)CCC(=O)N1Cc2cc(OC)c(OCCCOc3c(OC)cc4sc(C(=O)CCC(=O)O[C@@H](C)CNC(=O)CN5C(=O)C=CC5=O)cc4c3F)c(F)c2C1. The predicted molar refractivity (Wildman–Crippen MR) is 244 cm³/mol. The predicted octanol–water partition coefficient (Wildman–Crippen LogP) is 3.84. The van der Waals surface area contributed by atoms with Crippen molar-refractivity contribution in [2.75, 3.05) is 100 Å². The van der Waals surface area contributed by atoms with Crippen molar-refractivity contribution < 1.29 is 89.7 Å². The lowest BCUT2D eigenvalue weighted by atomic mass is 10.1. The van der Waals surface area contributed by atoms with Crippen molar-refractivity contribution in [3.05, 3.63) is 58.0 Å². The first-order valence-electron chi connectivity index (χ1n) is 22.4. The van der Waals surface area contributed by atoms with E-state index in [9.17, 15) is 33.6 Å². The molecule has 20 nitrogen and oxygen atoms in total. The zero-order chi connectivity index (χ0) is 50.6. The van der Waals surface area contributed by atoms with E-state index in [1.165, 1.54) is 38.2 Å². The lowest BCUT2D eigenvalue weighted by Gasteiger charge is -2.16. The van der Waals surface area contributed by atoms with Crippen LogP contribution in [0.15, 0.2) is 30.4 Å². The van der Waals surface area contributed by atoms with Crippen LogP contribution in [0.2, 0.25) is 0 Å². The van der Waals surface area contributed by atoms with Gasteiger partial charge < -0.3 is 57.6 Å². The van der Waals surface area contributed by atoms with Gasteiger partial charge in [-0.25, -0.2) is 8.78 Å². The fourth-order valence-corrected chi connectivity index (χ4v) is 7.95. The van der Waals surface area contributed by atoms with Crippen LogP contribution >= 0.6 is 11.3 Å². The van der Waals surface area contributed by atoms with E-state index in [0.29, 0.717) is 49.9 Å². The molecular formula is C47H57F2N3O17S. The third-order valence-electron chi connectivity index (χ3n) is 10.5. The van der Waals surface area contributed by atoms with E-state index in [4.69, 9.17) is 47.4 Å². The molecule has 1 aromatic heterocycles. The van der Waals surface area contributed by atoms with Crippen LogP contribution in [0, 0.1) is 11.6 Å². The maximum atomic E-state index is 15.9. The number of hydrogen-bond acceptors (Lipinski definition) is 18. The van der Waals surface area contributed by atoms with Crippen molar-refractivity contribution >= 4 is 62.8 Å². The molecule has 3 heterocycles. The average Bonchev–Trinajstić information content (AvgIpc) is 4.07. The molecule has 0 fully saturated rings. The van der Waals surface area contributed by atoms with Gasteiger partial charge in [-0.15, -0.1) is 11.3 Å². The van der Waals surface area contributed by atoms with Crippen LogP contribution in [0.25, 0.3) is 10.1 Å². The van der Waals surface area contributed by atoms with E-state index in [0.717, 1.165) is 28.4 Å². The lowest BCUT2D eigenvalue weighted by molar-refractivity contribution is -0.148. The molecule has 0 spiro atoms. The van der Waals surface area contributed by atoms with Crippen molar-refractivity contribution in [1.82, 2.24) is 15.1 Å². The third-order valence-corrected chi connectivity index (χ3v) is 11.6. The molecule has 0 aliphatic carbocycles. The van der Waals surface area contributed by atoms with E-state index in [-0.39, 0.29) is 123 Å². The number of benzene rings is 2. The van der Waals surface area contributed by atoms with Crippen LogP contribution in [0.4, 0.5) is 8.78 Å². The summed E-state index contributed by atoms with van der Waals surface area (Å²) in [4.78, 5) is 88.6. The molecule has 1 N–H and O–H groups in total. The highest BCUT2D eigenvalue weighted by molar-refractivity contribution is 7.20. The van der Waals surface area contributed by atoms with Crippen LogP contribution in [0.1, 0.15) is 59.8 Å². The molecule has 2 aromatic carbocycles. The Labute approximate surface area is 406 Å². The first kappa shape index (κ1) is 54.7. The van der Waals surface area contributed by atoms with Crippen LogP contribution in [0.5, 0.6) is 23.0 Å². The number of amides is 4. The number of ether oxygens (including phenoxy) is 10. The second kappa shape index (κ2) is 27.8. The second-order valence-corrected chi connectivity index (χ2v) is 16.7. The van der Waals surface area contributed by atoms with E-state index >= 15 is 8.78 Å². The number of carbonyl (C=O) groups is 7. The number of thiophene rings is 1. The fraction of sp³-hybridized carbons (Fsp3) is 0.511. The van der Waals surface area contributed by atoms with E-state index in [2.05, 4.69) is 5.32 Å². The number of imide groups is 1. The van der Waals surface area contributed by atoms with Gasteiger partial charge in [0.25, 0.3) is 11.8 Å². The number of nitrogens with zero attached hydrogens (tertiary/aromatic N) is 2. The van der Waals surface area contributed by atoms with E-state index < -0.39 is 59.7 Å². The Bertz CT molecular complexity index is 2360. The normalized spacial score (nSPS) is 13.4. The Morgan fingerprint density at radius 3 is 1.96 bits per heavy atom. The van der Waals surface area contributed by atoms with Crippen molar-refractivity contribution in [1.29, 1.82) is 0 Å². The molecule has 0 saturated heterocycles. The van der Waals surface area contributed by atoms with Crippen molar-refractivity contribution in [3.8, 4) is 23.0 Å². The van der Waals surface area contributed by atoms with Gasteiger partial charge in [0.05, 0.1) is 97.9 Å². The number of carbonyl (C=O) groups excluding carboxylic acids is 7. The minimum atomic E-state index is -0.782. The van der Waals surface area contributed by atoms with Gasteiger partial charge in [-0.3, -0.25) is 38.5 Å². The zero-order valence-corrected chi connectivity index (χ0v) is 40.2. The van der Waals surface area contributed by atoms with Crippen molar-refractivity contribution in [3.63, 3.8) is 0 Å². The van der Waals surface area contributed by atoms with Gasteiger partial charge in [-0.05, 0) is 24.6 Å². The van der Waals surface area contributed by atoms with Gasteiger partial charge in [0, 0.05) is 73.3 Å². The number of Topliss-reactive ketones (excluding diaryl/α,β-unsaturated/α-hetero) is 1. The number of fused-ring (bicyclic) bond motifs is 2. The van der Waals surface area contributed by atoms with Crippen LogP contribution in [0.3, 0.4) is 0 Å². The number of ketones is 1. The largest absolute Gasteiger partial charge is 0.493 e. The zero-order valence-electron chi connectivity index (χ0n) is 39.4. The minimum Gasteiger partial charge on any atom is -0.493 e. The van der Waals surface area contributed by atoms with Crippen LogP contribution in [-0.4, -0.2) is 158 Å². The summed E-state index contributed by atoms with van der Waals surface area (Å²) in [5.74, 6) is -5.62. The Balaban J connectivity index is 1.02. The summed E-state index contributed by atoms with van der Waals surface area (Å²) in [5, 5.41) is 2.57. The molecular weight excluding hydrogens is 949 g/mol. The number of rotatable bonds is 32. The Morgan fingerprint density at radius 2 is 1.31 bits per heavy atom. The molecule has 2 aliphatic heterocycles. The summed E-state index contributed by atoms with van der Waals surface area (Å²) in [5.41, 5.74) is 0.773. The third kappa shape index (κ3) is 15.9. The molecule has 382 valence electrons. The van der Waals surface area contributed by atoms with Crippen LogP contribution < -0.4 is 24.3 Å². The number of hydrogen-bond donors (Lipinski definition) is 1. The van der Waals surface area contributed by atoms with Crippen molar-refractivity contribution in [2.45, 2.75) is 58.2 Å². The Hall–Kier alpha value is -6.27. The summed E-state index contributed by atoms with van der Waals surface area (Å²) in [6.07, 6.45) is 0.661. The van der Waals surface area contributed by atoms with E-state index in [1.807, 2.05) is 0 Å². The molecule has 0 saturated carbocycles. The monoisotopic (exact) mass is 1010 g/mol. The average molecular weight is 1010 g/mol. The summed E-state index contributed by atoms with van der Waals surface area (Å²) in [7, 11) is 4.28. The van der Waals surface area contributed by atoms with E-state index in [1.54, 1.807) is 13.2 Å². The fourth-order valence-electron chi connectivity index (χ4n) is 6.90. The van der Waals surface area contributed by atoms with Gasteiger partial charge in [0.2, 0.25) is 11.8 Å². The van der Waals surface area contributed by atoms with Gasteiger partial charge in [-0.1, -0.05) is 0 Å². The summed E-state index contributed by atoms with van der Waals surface area (Å²) in [6, 6.07) is 4.47. The maximum Gasteiger partial charge on any atom is 0.306 e. The van der Waals surface area contributed by atoms with Gasteiger partial charge >= 0.3 is 11.9 Å². The highest BCUT2D eigenvalue weighted by atomic mass is 32.1. The highest BCUT2D eigenvalue weighted by Gasteiger charge is 2.31. The molecule has 1 atom stereocenters. The van der Waals surface area contributed by atoms with Gasteiger partial charge in [-0.2, -0.15) is 0 Å². The standard InChI is InChI=1S/C47H57F2N3O17S/c1-29(25-50-38(54)28-52-40(56)7-8-41(52)57)69-43(59)10-6-33(53)37-23-31-36(70-37)24-35(62-4)47(44(31)48)68-13-5-12-67-46-34(61-3)22-30-26-51(27-32(30)45(46)49)39(55)9-11-42(58)66-21-20-65-19-18-64-17-16-63-15-14-60-2/h7-8,22-24,29H,5-6,9-21,25-28H2,1-4H3,(H,50,54)/t29-/m0/s1. The Morgan fingerprint density at radius 1 is 0.714 bits per heavy atom. The first-order valence-corrected chi connectivity index (χ1v) is 23.2. The second-order valence-electron chi connectivity index (χ2n) is 15.6. The molecule has 0 radical (unpaired) electrons. The molecule has 3 aromatic rings. The molecule has 5 rings (SSSR count). The molecule has 4 amide bonds. The maximum absolute atomic E-state index is 15.9. The Kier molecular flexibility index (Phi) is 21.7. The number of nitrogens with one attached hydrogen (secondary N) is 1. The highest BCUT2D eigenvalue weighted by Crippen LogP contribution is 2.41. The smallest absolute Gasteiger partial charge is 0.306 e. The lowest BCUT2D eigenvalue weighted by Crippen LogP contribution is -2.42. The molecule has 0 bridgehead atoms. The quantitative estimate of drug-likeness (QED) is 0.0405. The molecule has 2 aliphatic rings. The number of esters is 2. The van der Waals surface area contributed by atoms with Crippen molar-refractivity contribution in [2.24, 2.45) is 0 Å². The molecule has 23 heteroatoms. The summed E-state index contributed by atoms with van der Waals surface area (Å²) >= 11 is 1.00. The summed E-state index contributed by atoms with van der Waals surface area (Å²) in [6.45, 7) is 3.54. The van der Waals surface area contributed by atoms with Gasteiger partial charge in [0.15, 0.2) is 40.4 Å². The number of halogens is 2. The van der Waals surface area contributed by atoms with Crippen LogP contribution in [-0.2, 0) is 70.3 Å². The van der Waals surface area contributed by atoms with Gasteiger partial charge in [0.1, 0.15) is 19.3 Å². The number of methoxy groups -OCH3 is 3. The molecule has 0 unspecified atom stereocenters. The minimum absolute atomic E-state index is 0.0137. The first-order chi connectivity index (χ1) is 33.7. The summed E-state index contributed by atoms with van der Waals surface area (Å²) < 4.78 is 85.9. The topological polar surface area (TPSA) is 230 Å². The molecule has 70 heavy (non-hydrogen) atoms.